The third-order valence-electron chi connectivity index (χ3n) is 3.18. The monoisotopic (exact) mass is 302 g/mol. The maximum atomic E-state index is 12.9. The van der Waals surface area contributed by atoms with Crippen LogP contribution >= 0.6 is 11.3 Å². The first-order valence-electron chi connectivity index (χ1n) is 6.63. The summed E-state index contributed by atoms with van der Waals surface area (Å²) in [5.74, 6) is 0.790. The van der Waals surface area contributed by atoms with E-state index in [1.165, 1.54) is 23.5 Å². The summed E-state index contributed by atoms with van der Waals surface area (Å²) >= 11 is 1.54. The fraction of sp³-hybridized carbons (Fsp3) is 0.200. The predicted molar refractivity (Wildman–Crippen MR) is 85.0 cm³/mol. The van der Waals surface area contributed by atoms with Gasteiger partial charge in [0.2, 0.25) is 5.95 Å². The molecule has 0 saturated carbocycles. The van der Waals surface area contributed by atoms with Gasteiger partial charge in [0.1, 0.15) is 16.5 Å². The second-order valence-corrected chi connectivity index (χ2v) is 5.84. The van der Waals surface area contributed by atoms with E-state index in [9.17, 15) is 4.39 Å². The molecule has 0 aliphatic heterocycles. The van der Waals surface area contributed by atoms with Gasteiger partial charge in [-0.2, -0.15) is 4.98 Å². The Bertz CT molecular complexity index is 754. The number of nitrogens with zero attached hydrogens (tertiary/aromatic N) is 2. The highest BCUT2D eigenvalue weighted by atomic mass is 32.1. The Labute approximate surface area is 125 Å². The number of thiophene rings is 1. The van der Waals surface area contributed by atoms with Gasteiger partial charge in [-0.3, -0.25) is 0 Å². The highest BCUT2D eigenvalue weighted by molar-refractivity contribution is 7.16. The van der Waals surface area contributed by atoms with E-state index in [4.69, 9.17) is 5.73 Å². The summed E-state index contributed by atoms with van der Waals surface area (Å²) in [6.07, 6.45) is 0.774. The molecule has 0 fully saturated rings. The first-order valence-corrected chi connectivity index (χ1v) is 7.51. The molecule has 3 rings (SSSR count). The van der Waals surface area contributed by atoms with Crippen molar-refractivity contribution in [3.8, 4) is 0 Å². The fourth-order valence-electron chi connectivity index (χ4n) is 2.24. The van der Waals surface area contributed by atoms with E-state index in [1.54, 1.807) is 12.1 Å². The van der Waals surface area contributed by atoms with Crippen LogP contribution in [-0.4, -0.2) is 16.0 Å². The van der Waals surface area contributed by atoms with Gasteiger partial charge < -0.3 is 11.1 Å². The number of anilines is 2. The first-order chi connectivity index (χ1) is 10.1. The number of nitrogens with two attached hydrogens (primary N) is 1. The third-order valence-corrected chi connectivity index (χ3v) is 3.99. The predicted octanol–water partition coefficient (Wildman–Crippen LogP) is 3.46. The Kier molecular flexibility index (Phi) is 3.70. The van der Waals surface area contributed by atoms with Crippen LogP contribution in [0.15, 0.2) is 35.7 Å². The van der Waals surface area contributed by atoms with Gasteiger partial charge in [-0.1, -0.05) is 12.1 Å². The molecule has 0 radical (unpaired) electrons. The lowest BCUT2D eigenvalue weighted by molar-refractivity contribution is 0.626. The highest BCUT2D eigenvalue weighted by Gasteiger charge is 2.10. The molecule has 0 saturated heterocycles. The van der Waals surface area contributed by atoms with Crippen molar-refractivity contribution in [3.05, 3.63) is 47.1 Å². The number of rotatable bonds is 4. The van der Waals surface area contributed by atoms with Crippen molar-refractivity contribution in [2.24, 2.45) is 0 Å². The minimum Gasteiger partial charge on any atom is -0.368 e. The number of halogens is 1. The molecule has 6 heteroatoms. The standard InChI is InChI=1S/C15H15FN4S/c1-9(8-10-2-4-11(16)5-3-10)18-13-12-6-7-21-14(12)20-15(17)19-13/h2-7,9H,8H2,1H3,(H3,17,18,19,20). The second-order valence-electron chi connectivity index (χ2n) is 4.95. The third kappa shape index (κ3) is 3.11. The molecule has 2 aromatic heterocycles. The molecule has 1 atom stereocenters. The zero-order chi connectivity index (χ0) is 14.8. The van der Waals surface area contributed by atoms with E-state index >= 15 is 0 Å². The lowest BCUT2D eigenvalue weighted by Crippen LogP contribution is -2.19. The van der Waals surface area contributed by atoms with Crippen LogP contribution in [0.4, 0.5) is 16.2 Å². The van der Waals surface area contributed by atoms with Crippen LogP contribution in [0, 0.1) is 5.82 Å². The minimum absolute atomic E-state index is 0.146. The van der Waals surface area contributed by atoms with Gasteiger partial charge >= 0.3 is 0 Å². The van der Waals surface area contributed by atoms with Gasteiger partial charge in [0, 0.05) is 6.04 Å². The second kappa shape index (κ2) is 5.65. The molecule has 1 aromatic carbocycles. The number of fused-ring (bicyclic) bond motifs is 1. The molecule has 0 amide bonds. The van der Waals surface area contributed by atoms with Crippen LogP contribution in [0.2, 0.25) is 0 Å². The summed E-state index contributed by atoms with van der Waals surface area (Å²) in [7, 11) is 0. The molecule has 108 valence electrons. The van der Waals surface area contributed by atoms with Crippen LogP contribution in [0.3, 0.4) is 0 Å². The van der Waals surface area contributed by atoms with Crippen molar-refractivity contribution in [2.45, 2.75) is 19.4 Å². The van der Waals surface area contributed by atoms with Gasteiger partial charge in [-0.25, -0.2) is 9.37 Å². The molecule has 0 aliphatic rings. The normalized spacial score (nSPS) is 12.5. The van der Waals surface area contributed by atoms with Crippen LogP contribution < -0.4 is 11.1 Å². The largest absolute Gasteiger partial charge is 0.368 e. The number of hydrogen-bond acceptors (Lipinski definition) is 5. The first kappa shape index (κ1) is 13.8. The number of nitrogen functional groups attached to an aromatic ring is 1. The summed E-state index contributed by atoms with van der Waals surface area (Å²) in [4.78, 5) is 9.35. The maximum Gasteiger partial charge on any atom is 0.223 e. The van der Waals surface area contributed by atoms with Crippen LogP contribution in [-0.2, 0) is 6.42 Å². The molecular weight excluding hydrogens is 287 g/mol. The van der Waals surface area contributed by atoms with Crippen LogP contribution in [0.25, 0.3) is 10.2 Å². The summed E-state index contributed by atoms with van der Waals surface area (Å²) in [5.41, 5.74) is 6.80. The Morgan fingerprint density at radius 3 is 2.76 bits per heavy atom. The van der Waals surface area contributed by atoms with Crippen molar-refractivity contribution in [2.75, 3.05) is 11.1 Å². The molecule has 1 unspecified atom stereocenters. The van der Waals surface area contributed by atoms with Gasteiger partial charge in [0.15, 0.2) is 0 Å². The molecule has 2 heterocycles. The van der Waals surface area contributed by atoms with E-state index in [1.807, 2.05) is 11.4 Å². The van der Waals surface area contributed by atoms with Crippen LogP contribution in [0.1, 0.15) is 12.5 Å². The lowest BCUT2D eigenvalue weighted by atomic mass is 10.1. The van der Waals surface area contributed by atoms with Gasteiger partial charge in [-0.15, -0.1) is 11.3 Å². The molecule has 3 aromatic rings. The molecule has 0 aliphatic carbocycles. The smallest absolute Gasteiger partial charge is 0.223 e. The molecule has 21 heavy (non-hydrogen) atoms. The van der Waals surface area contributed by atoms with E-state index < -0.39 is 0 Å². The molecule has 3 N–H and O–H groups in total. The molecule has 4 nitrogen and oxygen atoms in total. The average molecular weight is 302 g/mol. The molecular formula is C15H15FN4S. The zero-order valence-electron chi connectivity index (χ0n) is 11.5. The maximum absolute atomic E-state index is 12.9. The quantitative estimate of drug-likeness (QED) is 0.774. The van der Waals surface area contributed by atoms with E-state index in [2.05, 4.69) is 22.2 Å². The summed E-state index contributed by atoms with van der Waals surface area (Å²) in [6.45, 7) is 2.06. The molecule has 0 spiro atoms. The lowest BCUT2D eigenvalue weighted by Gasteiger charge is -2.15. The Balaban J connectivity index is 1.78. The van der Waals surface area contributed by atoms with Crippen molar-refractivity contribution in [1.82, 2.24) is 9.97 Å². The summed E-state index contributed by atoms with van der Waals surface area (Å²) < 4.78 is 12.9. The SMILES string of the molecule is CC(Cc1ccc(F)cc1)Nc1nc(N)nc2sccc12. The topological polar surface area (TPSA) is 63.8 Å². The summed E-state index contributed by atoms with van der Waals surface area (Å²) in [6, 6.07) is 8.66. The van der Waals surface area contributed by atoms with Crippen molar-refractivity contribution >= 4 is 33.3 Å². The van der Waals surface area contributed by atoms with E-state index in [0.717, 1.165) is 28.0 Å². The van der Waals surface area contributed by atoms with Crippen LogP contribution in [0.5, 0.6) is 0 Å². The number of nitrogens with one attached hydrogen (secondary N) is 1. The zero-order valence-corrected chi connectivity index (χ0v) is 12.3. The van der Waals surface area contributed by atoms with Gasteiger partial charge in [0.25, 0.3) is 0 Å². The van der Waals surface area contributed by atoms with Gasteiger partial charge in [-0.05, 0) is 42.5 Å². The molecule has 0 bridgehead atoms. The van der Waals surface area contributed by atoms with Gasteiger partial charge in [0.05, 0.1) is 5.39 Å². The van der Waals surface area contributed by atoms with Crippen molar-refractivity contribution < 1.29 is 4.39 Å². The fourth-order valence-corrected chi connectivity index (χ4v) is 3.01. The highest BCUT2D eigenvalue weighted by Crippen LogP contribution is 2.26. The number of hydrogen-bond donors (Lipinski definition) is 2. The minimum atomic E-state index is -0.220. The Morgan fingerprint density at radius 1 is 1.24 bits per heavy atom. The van der Waals surface area contributed by atoms with E-state index in [0.29, 0.717) is 0 Å². The van der Waals surface area contributed by atoms with Crippen molar-refractivity contribution in [1.29, 1.82) is 0 Å². The Morgan fingerprint density at radius 2 is 2.00 bits per heavy atom. The average Bonchev–Trinajstić information content (AvgIpc) is 2.89. The van der Waals surface area contributed by atoms with Crippen molar-refractivity contribution in [3.63, 3.8) is 0 Å². The Hall–Kier alpha value is -2.21. The number of benzene rings is 1. The number of aromatic nitrogens is 2. The summed E-state index contributed by atoms with van der Waals surface area (Å²) in [5, 5.41) is 6.30. The van der Waals surface area contributed by atoms with E-state index in [-0.39, 0.29) is 17.8 Å².